The van der Waals surface area contributed by atoms with E-state index in [0.717, 1.165) is 23.5 Å². The average molecular weight is 611 g/mol. The molecule has 0 saturated heterocycles. The summed E-state index contributed by atoms with van der Waals surface area (Å²) in [4.78, 5) is 6.62. The molecule has 0 fully saturated rings. The van der Waals surface area contributed by atoms with Crippen molar-refractivity contribution in [3.63, 3.8) is 0 Å². The Morgan fingerprint density at radius 1 is 0.976 bits per heavy atom. The van der Waals surface area contributed by atoms with Crippen LogP contribution in [-0.4, -0.2) is 18.4 Å². The highest BCUT2D eigenvalue weighted by Gasteiger charge is 2.30. The number of aromatic nitrogens is 2. The van der Waals surface area contributed by atoms with E-state index in [2.05, 4.69) is 14.7 Å². The van der Waals surface area contributed by atoms with Gasteiger partial charge in [-0.3, -0.25) is 4.72 Å². The number of aromatic amines is 1. The Morgan fingerprint density at radius 3 is 2.46 bits per heavy atom. The van der Waals surface area contributed by atoms with Gasteiger partial charge in [-0.2, -0.15) is 18.4 Å². The molecule has 3 aromatic carbocycles. The van der Waals surface area contributed by atoms with Crippen LogP contribution in [0.2, 0.25) is 0 Å². The molecule has 0 radical (unpaired) electrons. The van der Waals surface area contributed by atoms with Gasteiger partial charge < -0.3 is 9.72 Å². The number of pyridine rings is 1. The molecule has 2 heterocycles. The SMILES string of the molecule is N#Cc1cc(S(=O)(=O)Nc2nccs2)ccc1Oc1ccc(-c2cccc(C(F)(F)F)c2)cc1-c1cc[nH]c(=S)c1. The third kappa shape index (κ3) is 6.30. The number of nitriles is 1. The third-order valence-corrected chi connectivity index (χ3v) is 8.23. The molecule has 0 bridgehead atoms. The Kier molecular flexibility index (Phi) is 7.63. The number of halogens is 3. The molecule has 0 spiro atoms. The maximum atomic E-state index is 13.3. The average Bonchev–Trinajstić information content (AvgIpc) is 3.45. The molecule has 206 valence electrons. The van der Waals surface area contributed by atoms with Gasteiger partial charge in [0.05, 0.1) is 16.0 Å². The minimum atomic E-state index is -4.50. The first-order valence-electron chi connectivity index (χ1n) is 11.7. The van der Waals surface area contributed by atoms with E-state index in [9.17, 15) is 26.9 Å². The summed E-state index contributed by atoms with van der Waals surface area (Å²) < 4.78 is 74.5. The molecule has 7 nitrogen and oxygen atoms in total. The first-order chi connectivity index (χ1) is 19.5. The second-order valence-corrected chi connectivity index (χ2v) is 11.6. The number of hydrogen-bond donors (Lipinski definition) is 2. The quantitative estimate of drug-likeness (QED) is 0.181. The molecule has 5 aromatic rings. The summed E-state index contributed by atoms with van der Waals surface area (Å²) in [7, 11) is -4.02. The Bertz CT molecular complexity index is 1950. The van der Waals surface area contributed by atoms with Gasteiger partial charge in [0.2, 0.25) is 0 Å². The Morgan fingerprint density at radius 2 is 1.76 bits per heavy atom. The van der Waals surface area contributed by atoms with Gasteiger partial charge in [0.25, 0.3) is 10.0 Å². The predicted octanol–water partition coefficient (Wildman–Crippen LogP) is 8.02. The van der Waals surface area contributed by atoms with Crippen LogP contribution in [0.1, 0.15) is 11.1 Å². The lowest BCUT2D eigenvalue weighted by Crippen LogP contribution is -2.13. The van der Waals surface area contributed by atoms with E-state index >= 15 is 0 Å². The molecule has 0 aliphatic rings. The fraction of sp³-hybridized carbons (Fsp3) is 0.0357. The van der Waals surface area contributed by atoms with Crippen molar-refractivity contribution in [1.29, 1.82) is 5.26 Å². The zero-order valence-electron chi connectivity index (χ0n) is 20.6. The highest BCUT2D eigenvalue weighted by atomic mass is 32.2. The number of ether oxygens (including phenoxy) is 1. The third-order valence-electron chi connectivity index (χ3n) is 5.84. The van der Waals surface area contributed by atoms with E-state index in [1.165, 1.54) is 30.5 Å². The molecule has 2 aromatic heterocycles. The molecule has 0 aliphatic carbocycles. The Labute approximate surface area is 241 Å². The summed E-state index contributed by atoms with van der Waals surface area (Å²) in [6, 6.07) is 19.0. The number of nitrogens with zero attached hydrogens (tertiary/aromatic N) is 2. The zero-order chi connectivity index (χ0) is 29.2. The van der Waals surface area contributed by atoms with Gasteiger partial charge in [-0.25, -0.2) is 13.4 Å². The van der Waals surface area contributed by atoms with E-state index in [0.29, 0.717) is 26.9 Å². The van der Waals surface area contributed by atoms with Crippen LogP contribution in [0, 0.1) is 16.0 Å². The summed E-state index contributed by atoms with van der Waals surface area (Å²) in [6.45, 7) is 0. The van der Waals surface area contributed by atoms with Crippen molar-refractivity contribution in [2.24, 2.45) is 0 Å². The van der Waals surface area contributed by atoms with Crippen LogP contribution in [0.5, 0.6) is 11.5 Å². The maximum absolute atomic E-state index is 13.3. The van der Waals surface area contributed by atoms with Crippen LogP contribution in [0.25, 0.3) is 22.3 Å². The predicted molar refractivity (Wildman–Crippen MR) is 152 cm³/mol. The highest BCUT2D eigenvalue weighted by molar-refractivity contribution is 7.93. The van der Waals surface area contributed by atoms with E-state index in [4.69, 9.17) is 17.0 Å². The first kappa shape index (κ1) is 28.0. The number of sulfonamides is 1. The van der Waals surface area contributed by atoms with Crippen molar-refractivity contribution in [2.45, 2.75) is 11.1 Å². The van der Waals surface area contributed by atoms with Gasteiger partial charge in [-0.15, -0.1) is 11.3 Å². The van der Waals surface area contributed by atoms with Crippen molar-refractivity contribution in [1.82, 2.24) is 9.97 Å². The largest absolute Gasteiger partial charge is 0.455 e. The molecule has 0 atom stereocenters. The molecule has 0 aliphatic heterocycles. The number of thiazole rings is 1. The van der Waals surface area contributed by atoms with Gasteiger partial charge in [0.1, 0.15) is 22.2 Å². The van der Waals surface area contributed by atoms with Crippen LogP contribution in [0.4, 0.5) is 18.3 Å². The summed E-state index contributed by atoms with van der Waals surface area (Å²) >= 11 is 6.36. The molecular formula is C28H17F3N4O3S3. The van der Waals surface area contributed by atoms with E-state index < -0.39 is 21.8 Å². The van der Waals surface area contributed by atoms with E-state index in [1.807, 2.05) is 6.07 Å². The second-order valence-electron chi connectivity index (χ2n) is 8.55. The van der Waals surface area contributed by atoms with Crippen molar-refractivity contribution in [3.8, 4) is 39.8 Å². The highest BCUT2D eigenvalue weighted by Crippen LogP contribution is 2.39. The summed E-state index contributed by atoms with van der Waals surface area (Å²) in [5, 5.41) is 11.6. The molecule has 0 saturated carbocycles. The van der Waals surface area contributed by atoms with Crippen LogP contribution in [-0.2, 0) is 16.2 Å². The minimum absolute atomic E-state index is 0.0507. The van der Waals surface area contributed by atoms with Crippen molar-refractivity contribution >= 4 is 38.7 Å². The number of H-pyrrole nitrogens is 1. The summed E-state index contributed by atoms with van der Waals surface area (Å²) in [5.74, 6) is 0.351. The molecule has 41 heavy (non-hydrogen) atoms. The van der Waals surface area contributed by atoms with Crippen molar-refractivity contribution in [3.05, 3.63) is 106 Å². The fourth-order valence-electron chi connectivity index (χ4n) is 3.93. The van der Waals surface area contributed by atoms with Crippen molar-refractivity contribution in [2.75, 3.05) is 4.72 Å². The van der Waals surface area contributed by atoms with E-state index in [1.54, 1.807) is 48.0 Å². The lowest BCUT2D eigenvalue weighted by atomic mass is 9.97. The van der Waals surface area contributed by atoms with Crippen molar-refractivity contribution < 1.29 is 26.3 Å². The number of anilines is 1. The number of alkyl halides is 3. The van der Waals surface area contributed by atoms with Gasteiger partial charge in [-0.05, 0) is 71.3 Å². The molecule has 2 N–H and O–H groups in total. The summed E-state index contributed by atoms with van der Waals surface area (Å²) in [5.41, 5.74) is 1.11. The lowest BCUT2D eigenvalue weighted by Gasteiger charge is -2.16. The molecule has 13 heteroatoms. The summed E-state index contributed by atoms with van der Waals surface area (Å²) in [6.07, 6.45) is -1.43. The van der Waals surface area contributed by atoms with Crippen LogP contribution >= 0.6 is 23.6 Å². The van der Waals surface area contributed by atoms with E-state index in [-0.39, 0.29) is 27.1 Å². The van der Waals surface area contributed by atoms with Gasteiger partial charge in [-0.1, -0.05) is 30.4 Å². The molecule has 0 unspecified atom stereocenters. The Hall–Kier alpha value is -4.51. The van der Waals surface area contributed by atoms with Crippen LogP contribution in [0.15, 0.2) is 95.5 Å². The monoisotopic (exact) mass is 610 g/mol. The lowest BCUT2D eigenvalue weighted by molar-refractivity contribution is -0.137. The molecular weight excluding hydrogens is 594 g/mol. The standard InChI is InChI=1S/C28H17F3N4O3S3/c29-28(30,31)21-3-1-2-17(12-21)18-4-6-25(23(14-18)19-8-9-33-26(39)15-19)38-24-7-5-22(13-20(24)16-32)41(36,37)35-27-34-10-11-40-27/h1-15H,(H,33,39)(H,34,35). The maximum Gasteiger partial charge on any atom is 0.416 e. The topological polar surface area (TPSA) is 108 Å². The zero-order valence-corrected chi connectivity index (χ0v) is 23.1. The molecule has 5 rings (SSSR count). The molecule has 0 amide bonds. The number of rotatable bonds is 7. The number of nitrogens with one attached hydrogen (secondary N) is 2. The normalized spacial score (nSPS) is 11.6. The Balaban J connectivity index is 1.55. The number of benzene rings is 3. The second kappa shape index (κ2) is 11.2. The smallest absolute Gasteiger partial charge is 0.416 e. The van der Waals surface area contributed by atoms with Gasteiger partial charge >= 0.3 is 6.18 Å². The number of hydrogen-bond acceptors (Lipinski definition) is 7. The van der Waals surface area contributed by atoms with Crippen LogP contribution < -0.4 is 9.46 Å². The fourth-order valence-corrected chi connectivity index (χ4v) is 5.94. The first-order valence-corrected chi connectivity index (χ1v) is 14.5. The minimum Gasteiger partial charge on any atom is -0.455 e. The van der Waals surface area contributed by atoms with Gasteiger partial charge in [0, 0.05) is 23.3 Å². The van der Waals surface area contributed by atoms with Gasteiger partial charge in [0.15, 0.2) is 5.13 Å². The van der Waals surface area contributed by atoms with Crippen LogP contribution in [0.3, 0.4) is 0 Å².